The molecule has 2 aromatic rings. The van der Waals surface area contributed by atoms with Crippen molar-refractivity contribution in [2.75, 3.05) is 17.6 Å². The first-order valence-corrected chi connectivity index (χ1v) is 11.9. The molecule has 0 aliphatic carbocycles. The van der Waals surface area contributed by atoms with Gasteiger partial charge >= 0.3 is 11.9 Å². The second-order valence-corrected chi connectivity index (χ2v) is 8.90. The number of benzene rings is 2. The van der Waals surface area contributed by atoms with Crippen LogP contribution in [0.4, 0.5) is 5.69 Å². The summed E-state index contributed by atoms with van der Waals surface area (Å²) in [5.41, 5.74) is 7.98. The predicted octanol–water partition coefficient (Wildman–Crippen LogP) is 1.28. The van der Waals surface area contributed by atoms with Crippen molar-refractivity contribution in [3.05, 3.63) is 48.5 Å². The van der Waals surface area contributed by atoms with E-state index in [1.165, 1.54) is 18.7 Å². The molecule has 36 heavy (non-hydrogen) atoms. The number of thioether (sulfide) groups is 1. The number of carbonyl (C=O) groups is 5. The van der Waals surface area contributed by atoms with Crippen LogP contribution in [0.25, 0.3) is 11.1 Å². The minimum Gasteiger partial charge on any atom is -0.480 e. The van der Waals surface area contributed by atoms with Gasteiger partial charge in [0.1, 0.15) is 18.6 Å². The van der Waals surface area contributed by atoms with Crippen molar-refractivity contribution in [2.45, 2.75) is 36.7 Å². The van der Waals surface area contributed by atoms with Gasteiger partial charge in [-0.1, -0.05) is 24.3 Å². The fourth-order valence-corrected chi connectivity index (χ4v) is 3.94. The standard InChI is InChI=1S/C24H28N4O7S/c1-14(29)27-17-6-2-15(3-7-17)16-4-8-18(9-5-16)36-13-20(23(33)26-12-22(31)32)28-21(30)11-10-19(25)24(34)35/h2-9,19-20H,10-13,25H2,1H3,(H,26,33)(H,27,29)(H,28,30)(H,31,32)(H,34,35)/t19-,20-/m0/s1. The Kier molecular flexibility index (Phi) is 10.9. The van der Waals surface area contributed by atoms with E-state index in [1.54, 1.807) is 12.1 Å². The minimum atomic E-state index is -1.23. The fourth-order valence-electron chi connectivity index (χ4n) is 3.02. The maximum Gasteiger partial charge on any atom is 0.322 e. The normalized spacial score (nSPS) is 12.2. The lowest BCUT2D eigenvalue weighted by atomic mass is 10.1. The first-order valence-electron chi connectivity index (χ1n) is 10.9. The first kappa shape index (κ1) is 28.3. The molecule has 0 radical (unpaired) electrons. The van der Waals surface area contributed by atoms with Crippen molar-refractivity contribution in [2.24, 2.45) is 5.73 Å². The third kappa shape index (κ3) is 9.76. The molecule has 7 N–H and O–H groups in total. The highest BCUT2D eigenvalue weighted by molar-refractivity contribution is 7.99. The molecule has 2 aromatic carbocycles. The first-order chi connectivity index (χ1) is 17.0. The number of carbonyl (C=O) groups excluding carboxylic acids is 3. The van der Waals surface area contributed by atoms with E-state index in [0.29, 0.717) is 5.69 Å². The summed E-state index contributed by atoms with van der Waals surface area (Å²) in [7, 11) is 0. The molecular formula is C24H28N4O7S. The Hall–Kier alpha value is -3.90. The summed E-state index contributed by atoms with van der Waals surface area (Å²) in [6.07, 6.45) is -0.304. The van der Waals surface area contributed by atoms with Gasteiger partial charge in [0.25, 0.3) is 0 Å². The molecule has 0 aromatic heterocycles. The Bertz CT molecular complexity index is 1090. The highest BCUT2D eigenvalue weighted by Crippen LogP contribution is 2.26. The summed E-state index contributed by atoms with van der Waals surface area (Å²) < 4.78 is 0. The van der Waals surface area contributed by atoms with Crippen LogP contribution in [0, 0.1) is 0 Å². The lowest BCUT2D eigenvalue weighted by Crippen LogP contribution is -2.49. The average molecular weight is 517 g/mol. The van der Waals surface area contributed by atoms with Crippen molar-refractivity contribution in [1.82, 2.24) is 10.6 Å². The maximum atomic E-state index is 12.4. The van der Waals surface area contributed by atoms with Crippen molar-refractivity contribution in [3.63, 3.8) is 0 Å². The van der Waals surface area contributed by atoms with E-state index < -0.39 is 42.4 Å². The number of amides is 3. The zero-order valence-electron chi connectivity index (χ0n) is 19.5. The summed E-state index contributed by atoms with van der Waals surface area (Å²) in [6, 6.07) is 12.6. The van der Waals surface area contributed by atoms with Gasteiger partial charge < -0.3 is 31.9 Å². The second kappa shape index (κ2) is 13.9. The number of carboxylic acids is 2. The summed E-state index contributed by atoms with van der Waals surface area (Å²) in [4.78, 5) is 58.2. The van der Waals surface area contributed by atoms with Gasteiger partial charge in [0.05, 0.1) is 0 Å². The number of anilines is 1. The van der Waals surface area contributed by atoms with Gasteiger partial charge in [-0.25, -0.2) is 0 Å². The number of nitrogens with two attached hydrogens (primary N) is 1. The molecule has 11 nitrogen and oxygen atoms in total. The van der Waals surface area contributed by atoms with Crippen molar-refractivity contribution in [1.29, 1.82) is 0 Å². The average Bonchev–Trinajstić information content (AvgIpc) is 2.84. The molecule has 0 spiro atoms. The van der Waals surface area contributed by atoms with Gasteiger partial charge in [-0.2, -0.15) is 0 Å². The molecular weight excluding hydrogens is 488 g/mol. The highest BCUT2D eigenvalue weighted by Gasteiger charge is 2.22. The lowest BCUT2D eigenvalue weighted by Gasteiger charge is -2.18. The van der Waals surface area contributed by atoms with E-state index in [1.807, 2.05) is 36.4 Å². The number of hydrogen-bond acceptors (Lipinski definition) is 7. The third-order valence-corrected chi connectivity index (χ3v) is 5.98. The van der Waals surface area contributed by atoms with Gasteiger partial charge in [-0.05, 0) is 41.8 Å². The van der Waals surface area contributed by atoms with Crippen LogP contribution in [-0.4, -0.2) is 64.3 Å². The smallest absolute Gasteiger partial charge is 0.322 e. The molecule has 0 unspecified atom stereocenters. The van der Waals surface area contributed by atoms with E-state index in [9.17, 15) is 24.0 Å². The number of rotatable bonds is 13. The van der Waals surface area contributed by atoms with Crippen molar-refractivity contribution in [3.8, 4) is 11.1 Å². The zero-order valence-corrected chi connectivity index (χ0v) is 20.3. The van der Waals surface area contributed by atoms with Crippen LogP contribution in [-0.2, 0) is 24.0 Å². The Morgan fingerprint density at radius 2 is 1.53 bits per heavy atom. The molecule has 0 heterocycles. The Labute approximate surface area is 211 Å². The summed E-state index contributed by atoms with van der Waals surface area (Å²) in [5, 5.41) is 25.1. The van der Waals surface area contributed by atoms with E-state index in [0.717, 1.165) is 16.0 Å². The molecule has 0 aliphatic heterocycles. The minimum absolute atomic E-state index is 0.106. The van der Waals surface area contributed by atoms with Crippen LogP contribution in [0.15, 0.2) is 53.4 Å². The molecule has 0 bridgehead atoms. The van der Waals surface area contributed by atoms with Gasteiger partial charge in [-0.15, -0.1) is 11.8 Å². The van der Waals surface area contributed by atoms with Gasteiger partial charge in [-0.3, -0.25) is 24.0 Å². The SMILES string of the molecule is CC(=O)Nc1ccc(-c2ccc(SC[C@H](NC(=O)CC[C@H](N)C(=O)O)C(=O)NCC(=O)O)cc2)cc1. The molecule has 0 aliphatic rings. The molecule has 0 saturated carbocycles. The van der Waals surface area contributed by atoms with Gasteiger partial charge in [0, 0.05) is 29.7 Å². The van der Waals surface area contributed by atoms with Crippen LogP contribution >= 0.6 is 11.8 Å². The van der Waals surface area contributed by atoms with E-state index in [-0.39, 0.29) is 24.5 Å². The molecule has 192 valence electrons. The molecule has 3 amide bonds. The number of nitrogens with one attached hydrogen (secondary N) is 3. The topological polar surface area (TPSA) is 188 Å². The molecule has 2 rings (SSSR count). The van der Waals surface area contributed by atoms with Crippen LogP contribution in [0.3, 0.4) is 0 Å². The van der Waals surface area contributed by atoms with Crippen molar-refractivity contribution < 1.29 is 34.2 Å². The predicted molar refractivity (Wildman–Crippen MR) is 134 cm³/mol. The molecule has 0 fully saturated rings. The fraction of sp³-hybridized carbons (Fsp3) is 0.292. The number of hydrogen-bond donors (Lipinski definition) is 6. The highest BCUT2D eigenvalue weighted by atomic mass is 32.2. The molecule has 0 saturated heterocycles. The van der Waals surface area contributed by atoms with E-state index in [4.69, 9.17) is 15.9 Å². The molecule has 12 heteroatoms. The quantitative estimate of drug-likeness (QED) is 0.213. The third-order valence-electron chi connectivity index (χ3n) is 4.87. The zero-order chi connectivity index (χ0) is 26.7. The monoisotopic (exact) mass is 516 g/mol. The number of aliphatic carboxylic acids is 2. The van der Waals surface area contributed by atoms with Gasteiger partial charge in [0.15, 0.2) is 0 Å². The van der Waals surface area contributed by atoms with Crippen LogP contribution in [0.5, 0.6) is 0 Å². The Morgan fingerprint density at radius 3 is 2.06 bits per heavy atom. The van der Waals surface area contributed by atoms with Crippen LogP contribution in [0.1, 0.15) is 19.8 Å². The lowest BCUT2D eigenvalue weighted by molar-refractivity contribution is -0.139. The summed E-state index contributed by atoms with van der Waals surface area (Å²) in [6.45, 7) is 0.833. The Morgan fingerprint density at radius 1 is 0.944 bits per heavy atom. The largest absolute Gasteiger partial charge is 0.480 e. The van der Waals surface area contributed by atoms with Crippen LogP contribution < -0.4 is 21.7 Å². The van der Waals surface area contributed by atoms with Gasteiger partial charge in [0.2, 0.25) is 17.7 Å². The van der Waals surface area contributed by atoms with E-state index in [2.05, 4.69) is 16.0 Å². The summed E-state index contributed by atoms with van der Waals surface area (Å²) >= 11 is 1.29. The van der Waals surface area contributed by atoms with E-state index >= 15 is 0 Å². The maximum absolute atomic E-state index is 12.4. The van der Waals surface area contributed by atoms with Crippen LogP contribution in [0.2, 0.25) is 0 Å². The molecule has 2 atom stereocenters. The second-order valence-electron chi connectivity index (χ2n) is 7.81. The Balaban J connectivity index is 2.01. The number of carboxylic acid groups (broad SMARTS) is 2. The summed E-state index contributed by atoms with van der Waals surface area (Å²) in [5.74, 6) is -3.74. The van der Waals surface area contributed by atoms with Crippen molar-refractivity contribution >= 4 is 47.1 Å².